The van der Waals surface area contributed by atoms with Gasteiger partial charge in [-0.2, -0.15) is 0 Å². The second-order valence-corrected chi connectivity index (χ2v) is 17.6. The van der Waals surface area contributed by atoms with Gasteiger partial charge in [-0.3, -0.25) is 13.8 Å². The standard InChI is InChI=1S/C52H91O9P/c1-3-5-7-9-11-13-15-17-19-21-22-23-24-25-26-27-29-31-33-35-37-39-41-43-45-58-48-51(49-60-62(56,57)59-47-50(54)46-53)61-52(55)44-42-40-38-36-34-32-30-28-20-18-16-14-12-10-8-6-4-2/h5,7,11,13,17,19,22-23,25-26,29,31,35,37,50-51,53-54H,3-4,6,8-10,12,14-16,18,20-21,24,27-28,30,32-34,36,38-49H2,1-2H3,(H,56,57)/b7-5-,13-11-,19-17-,23-22-,26-25-,31-29-,37-35-. The minimum atomic E-state index is -4.54. The molecule has 3 atom stereocenters. The van der Waals surface area contributed by atoms with E-state index in [1.807, 2.05) is 0 Å². The van der Waals surface area contributed by atoms with E-state index in [0.29, 0.717) is 6.61 Å². The number of unbranched alkanes of at least 4 members (excludes halogenated alkanes) is 18. The van der Waals surface area contributed by atoms with E-state index < -0.39 is 45.8 Å². The molecular weight excluding hydrogens is 800 g/mol. The van der Waals surface area contributed by atoms with Crippen LogP contribution in [0.3, 0.4) is 0 Å². The molecule has 0 aromatic rings. The number of allylic oxidation sites excluding steroid dienone is 14. The lowest BCUT2D eigenvalue weighted by Crippen LogP contribution is -2.29. The topological polar surface area (TPSA) is 132 Å². The number of ether oxygens (including phenoxy) is 2. The van der Waals surface area contributed by atoms with Gasteiger partial charge in [-0.05, 0) is 70.6 Å². The molecule has 9 nitrogen and oxygen atoms in total. The fourth-order valence-electron chi connectivity index (χ4n) is 6.39. The van der Waals surface area contributed by atoms with Crippen LogP contribution in [0.2, 0.25) is 0 Å². The number of hydrogen-bond donors (Lipinski definition) is 3. The van der Waals surface area contributed by atoms with Crippen LogP contribution < -0.4 is 0 Å². The minimum Gasteiger partial charge on any atom is -0.457 e. The Morgan fingerprint density at radius 3 is 1.35 bits per heavy atom. The van der Waals surface area contributed by atoms with Crippen LogP contribution in [0.15, 0.2) is 85.1 Å². The molecular formula is C52H91O9P. The minimum absolute atomic E-state index is 0.0164. The zero-order valence-corrected chi connectivity index (χ0v) is 40.2. The van der Waals surface area contributed by atoms with Crippen LogP contribution in [0.4, 0.5) is 0 Å². The number of carbonyl (C=O) groups is 1. The summed E-state index contributed by atoms with van der Waals surface area (Å²) < 4.78 is 33.4. The van der Waals surface area contributed by atoms with E-state index in [1.165, 1.54) is 89.9 Å². The molecule has 0 aliphatic carbocycles. The lowest BCUT2D eigenvalue weighted by Gasteiger charge is -2.20. The van der Waals surface area contributed by atoms with Crippen LogP contribution in [0.25, 0.3) is 0 Å². The summed E-state index contributed by atoms with van der Waals surface area (Å²) in [5.74, 6) is -0.399. The van der Waals surface area contributed by atoms with Crippen LogP contribution in [0.1, 0.15) is 194 Å². The van der Waals surface area contributed by atoms with E-state index in [1.54, 1.807) is 0 Å². The fourth-order valence-corrected chi connectivity index (χ4v) is 7.18. The predicted octanol–water partition coefficient (Wildman–Crippen LogP) is 14.3. The highest BCUT2D eigenvalue weighted by Gasteiger charge is 2.26. The molecule has 358 valence electrons. The lowest BCUT2D eigenvalue weighted by atomic mass is 10.0. The molecule has 0 fully saturated rings. The highest BCUT2D eigenvalue weighted by atomic mass is 31.2. The van der Waals surface area contributed by atoms with Crippen LogP contribution in [0.5, 0.6) is 0 Å². The van der Waals surface area contributed by atoms with Crippen molar-refractivity contribution < 1.29 is 43.0 Å². The lowest BCUT2D eigenvalue weighted by molar-refractivity contribution is -0.154. The van der Waals surface area contributed by atoms with E-state index >= 15 is 0 Å². The summed E-state index contributed by atoms with van der Waals surface area (Å²) in [7, 11) is -4.54. The molecule has 0 aliphatic rings. The molecule has 3 unspecified atom stereocenters. The second-order valence-electron chi connectivity index (χ2n) is 16.1. The Bertz CT molecular complexity index is 1240. The average Bonchev–Trinajstić information content (AvgIpc) is 3.26. The van der Waals surface area contributed by atoms with E-state index in [0.717, 1.165) is 83.5 Å². The maximum absolute atomic E-state index is 12.7. The van der Waals surface area contributed by atoms with Crippen molar-refractivity contribution in [1.82, 2.24) is 0 Å². The summed E-state index contributed by atoms with van der Waals surface area (Å²) >= 11 is 0. The summed E-state index contributed by atoms with van der Waals surface area (Å²) in [5, 5.41) is 18.4. The summed E-state index contributed by atoms with van der Waals surface area (Å²) in [5.41, 5.74) is 0. The van der Waals surface area contributed by atoms with Crippen molar-refractivity contribution in [3.8, 4) is 0 Å². The first-order valence-electron chi connectivity index (χ1n) is 24.6. The molecule has 0 saturated heterocycles. The third-order valence-corrected chi connectivity index (χ3v) is 11.0. The number of esters is 1. The zero-order valence-electron chi connectivity index (χ0n) is 39.3. The van der Waals surface area contributed by atoms with Crippen molar-refractivity contribution in [3.63, 3.8) is 0 Å². The quantitative estimate of drug-likeness (QED) is 0.0236. The average molecular weight is 891 g/mol. The predicted molar refractivity (Wildman–Crippen MR) is 260 cm³/mol. The number of hydrogen-bond acceptors (Lipinski definition) is 8. The Morgan fingerprint density at radius 1 is 0.516 bits per heavy atom. The van der Waals surface area contributed by atoms with Crippen LogP contribution in [-0.2, 0) is 27.9 Å². The second kappa shape index (κ2) is 48.1. The number of phosphoric acid groups is 1. The summed E-state index contributed by atoms with van der Waals surface area (Å²) in [4.78, 5) is 22.7. The Morgan fingerprint density at radius 2 is 0.919 bits per heavy atom. The summed E-state index contributed by atoms with van der Waals surface area (Å²) in [6.07, 6.45) is 59.8. The van der Waals surface area contributed by atoms with Gasteiger partial charge in [-0.25, -0.2) is 4.57 Å². The van der Waals surface area contributed by atoms with Crippen molar-refractivity contribution in [2.45, 2.75) is 206 Å². The van der Waals surface area contributed by atoms with Gasteiger partial charge in [-0.1, -0.05) is 202 Å². The van der Waals surface area contributed by atoms with E-state index in [-0.39, 0.29) is 13.0 Å². The number of carbonyl (C=O) groups excluding carboxylic acids is 1. The van der Waals surface area contributed by atoms with Crippen LogP contribution in [-0.4, -0.2) is 66.3 Å². The van der Waals surface area contributed by atoms with Crippen molar-refractivity contribution >= 4 is 13.8 Å². The molecule has 0 aromatic carbocycles. The van der Waals surface area contributed by atoms with Crippen molar-refractivity contribution in [3.05, 3.63) is 85.1 Å². The molecule has 0 radical (unpaired) electrons. The van der Waals surface area contributed by atoms with Gasteiger partial charge in [0.05, 0.1) is 26.4 Å². The Labute approximate surface area is 379 Å². The highest BCUT2D eigenvalue weighted by molar-refractivity contribution is 7.47. The molecule has 0 heterocycles. The Balaban J connectivity index is 4.21. The van der Waals surface area contributed by atoms with Crippen molar-refractivity contribution in [1.29, 1.82) is 0 Å². The normalized spacial score (nSPS) is 14.6. The van der Waals surface area contributed by atoms with E-state index in [2.05, 4.69) is 98.9 Å². The van der Waals surface area contributed by atoms with Crippen LogP contribution >= 0.6 is 7.82 Å². The molecule has 0 aromatic heterocycles. The van der Waals surface area contributed by atoms with Crippen molar-refractivity contribution in [2.24, 2.45) is 0 Å². The zero-order chi connectivity index (χ0) is 45.3. The number of phosphoric ester groups is 1. The Hall–Kier alpha value is -2.36. The highest BCUT2D eigenvalue weighted by Crippen LogP contribution is 2.43. The number of rotatable bonds is 46. The first kappa shape index (κ1) is 59.6. The molecule has 0 spiro atoms. The summed E-state index contributed by atoms with van der Waals surface area (Å²) in [6.45, 7) is 3.30. The first-order valence-corrected chi connectivity index (χ1v) is 26.1. The molecule has 3 N–H and O–H groups in total. The molecule has 0 bridgehead atoms. The summed E-state index contributed by atoms with van der Waals surface area (Å²) in [6, 6.07) is 0. The fraction of sp³-hybridized carbons (Fsp3) is 0.712. The van der Waals surface area contributed by atoms with E-state index in [4.69, 9.17) is 23.6 Å². The molecule has 0 saturated carbocycles. The van der Waals surface area contributed by atoms with Gasteiger partial charge >= 0.3 is 13.8 Å². The Kier molecular flexibility index (Phi) is 46.3. The van der Waals surface area contributed by atoms with Gasteiger partial charge in [0.2, 0.25) is 0 Å². The maximum Gasteiger partial charge on any atom is 0.472 e. The van der Waals surface area contributed by atoms with Gasteiger partial charge in [0, 0.05) is 13.0 Å². The third kappa shape index (κ3) is 47.1. The molecule has 62 heavy (non-hydrogen) atoms. The molecule has 0 rings (SSSR count). The molecule has 0 amide bonds. The maximum atomic E-state index is 12.7. The monoisotopic (exact) mass is 891 g/mol. The largest absolute Gasteiger partial charge is 0.472 e. The molecule has 0 aliphatic heterocycles. The molecule has 10 heteroatoms. The van der Waals surface area contributed by atoms with Gasteiger partial charge in [0.1, 0.15) is 12.2 Å². The van der Waals surface area contributed by atoms with Gasteiger partial charge in [0.15, 0.2) is 0 Å². The smallest absolute Gasteiger partial charge is 0.457 e. The SMILES string of the molecule is CC/C=C\C/C=C\C/C=C\C/C=C\C/C=C\C/C=C\C/C=C\CCCCOCC(COP(=O)(O)OCC(O)CO)OC(=O)CCCCCCCCCCCCCCCCCCC. The first-order chi connectivity index (χ1) is 30.3. The van der Waals surface area contributed by atoms with Gasteiger partial charge < -0.3 is 24.6 Å². The number of aliphatic hydroxyl groups excluding tert-OH is 2. The van der Waals surface area contributed by atoms with Gasteiger partial charge in [0.25, 0.3) is 0 Å². The van der Waals surface area contributed by atoms with E-state index in [9.17, 15) is 19.4 Å². The van der Waals surface area contributed by atoms with Gasteiger partial charge in [-0.15, -0.1) is 0 Å². The third-order valence-electron chi connectivity index (χ3n) is 10.1. The van der Waals surface area contributed by atoms with Crippen molar-refractivity contribution in [2.75, 3.05) is 33.0 Å². The van der Waals surface area contributed by atoms with Crippen LogP contribution in [0, 0.1) is 0 Å². The number of aliphatic hydroxyl groups is 2.